The van der Waals surface area contributed by atoms with Gasteiger partial charge in [0.2, 0.25) is 0 Å². The van der Waals surface area contributed by atoms with E-state index in [0.29, 0.717) is 0 Å². The van der Waals surface area contributed by atoms with Crippen LogP contribution < -0.4 is 5.32 Å². The van der Waals surface area contributed by atoms with Gasteiger partial charge in [0.1, 0.15) is 0 Å². The van der Waals surface area contributed by atoms with Crippen molar-refractivity contribution in [3.8, 4) is 0 Å². The predicted octanol–water partition coefficient (Wildman–Crippen LogP) is 3.97. The van der Waals surface area contributed by atoms with Crippen LogP contribution in [0.3, 0.4) is 0 Å². The van der Waals surface area contributed by atoms with E-state index >= 15 is 0 Å². The molecule has 1 N–H and O–H groups in total. The van der Waals surface area contributed by atoms with Crippen LogP contribution in [0.15, 0.2) is 47.7 Å². The summed E-state index contributed by atoms with van der Waals surface area (Å²) in [5, 5.41) is 3.34. The second-order valence-corrected chi connectivity index (χ2v) is 4.84. The van der Waals surface area contributed by atoms with Gasteiger partial charge in [-0.05, 0) is 45.1 Å². The highest BCUT2D eigenvalue weighted by Gasteiger charge is 2.20. The van der Waals surface area contributed by atoms with E-state index in [-0.39, 0.29) is 0 Å². The van der Waals surface area contributed by atoms with Crippen LogP contribution in [0.1, 0.15) is 33.6 Å². The van der Waals surface area contributed by atoms with Gasteiger partial charge in [-0.15, -0.1) is 0 Å². The molecule has 16 heavy (non-hydrogen) atoms. The number of hydrogen-bond donors (Lipinski definition) is 1. The third-order valence-electron chi connectivity index (χ3n) is 3.01. The van der Waals surface area contributed by atoms with E-state index in [4.69, 9.17) is 0 Å². The molecule has 1 fully saturated rings. The van der Waals surface area contributed by atoms with Gasteiger partial charge in [0.05, 0.1) is 0 Å². The summed E-state index contributed by atoms with van der Waals surface area (Å²) in [4.78, 5) is 0. The maximum absolute atomic E-state index is 4.01. The first-order valence-corrected chi connectivity index (χ1v) is 5.95. The fourth-order valence-electron chi connectivity index (χ4n) is 1.20. The average molecular weight is 217 g/mol. The van der Waals surface area contributed by atoms with Crippen molar-refractivity contribution in [2.45, 2.75) is 33.6 Å². The number of hydrogen-bond acceptors (Lipinski definition) is 1. The summed E-state index contributed by atoms with van der Waals surface area (Å²) in [6.45, 7) is 15.4. The van der Waals surface area contributed by atoms with Crippen molar-refractivity contribution < 1.29 is 0 Å². The molecule has 0 unspecified atom stereocenters. The van der Waals surface area contributed by atoms with Crippen LogP contribution >= 0.6 is 0 Å². The maximum Gasteiger partial charge on any atom is 0.0334 e. The molecule has 0 aromatic heterocycles. The molecule has 0 heterocycles. The standard InChI is InChI=1S/C15H23N/c1-11(2)12(3)6-7-13(4)14(5)16-10-15-8-9-15/h6-7,15-16H,4-5,8-10H2,1-3H3/b7-6-. The first-order chi connectivity index (χ1) is 7.50. The largest absolute Gasteiger partial charge is 0.385 e. The number of nitrogens with one attached hydrogen (secondary N) is 1. The third-order valence-corrected chi connectivity index (χ3v) is 3.01. The van der Waals surface area contributed by atoms with Crippen LogP contribution in [0.25, 0.3) is 0 Å². The van der Waals surface area contributed by atoms with E-state index < -0.39 is 0 Å². The van der Waals surface area contributed by atoms with Gasteiger partial charge >= 0.3 is 0 Å². The SMILES string of the molecule is C=C(/C=C\C(C)=C(C)C)C(=C)NCC1CC1. The second-order valence-electron chi connectivity index (χ2n) is 4.84. The molecule has 1 heteroatoms. The van der Waals surface area contributed by atoms with Crippen molar-refractivity contribution in [1.82, 2.24) is 5.32 Å². The summed E-state index contributed by atoms with van der Waals surface area (Å²) in [6.07, 6.45) is 6.85. The molecule has 0 atom stereocenters. The van der Waals surface area contributed by atoms with E-state index in [1.807, 2.05) is 6.08 Å². The van der Waals surface area contributed by atoms with E-state index in [0.717, 1.165) is 23.7 Å². The molecule has 88 valence electrons. The zero-order valence-electron chi connectivity index (χ0n) is 10.8. The van der Waals surface area contributed by atoms with Crippen LogP contribution in [0.4, 0.5) is 0 Å². The lowest BCUT2D eigenvalue weighted by Crippen LogP contribution is -2.15. The lowest BCUT2D eigenvalue weighted by molar-refractivity contribution is 0.726. The Morgan fingerprint density at radius 3 is 2.31 bits per heavy atom. The molecule has 0 aliphatic heterocycles. The summed E-state index contributed by atoms with van der Waals surface area (Å²) < 4.78 is 0. The highest BCUT2D eigenvalue weighted by Crippen LogP contribution is 2.28. The van der Waals surface area contributed by atoms with Gasteiger partial charge in [0.15, 0.2) is 0 Å². The van der Waals surface area contributed by atoms with Gasteiger partial charge in [-0.2, -0.15) is 0 Å². The summed E-state index contributed by atoms with van der Waals surface area (Å²) in [5.74, 6) is 0.869. The lowest BCUT2D eigenvalue weighted by atomic mass is 10.1. The highest BCUT2D eigenvalue weighted by atomic mass is 14.9. The summed E-state index contributed by atoms with van der Waals surface area (Å²) >= 11 is 0. The molecule has 1 nitrogen and oxygen atoms in total. The summed E-state index contributed by atoms with van der Waals surface area (Å²) in [5.41, 5.74) is 4.54. The zero-order chi connectivity index (χ0) is 12.1. The molecule has 0 aromatic carbocycles. The Morgan fingerprint density at radius 2 is 1.81 bits per heavy atom. The Labute approximate surface area is 99.6 Å². The van der Waals surface area contributed by atoms with Crippen LogP contribution in [-0.4, -0.2) is 6.54 Å². The average Bonchev–Trinajstić information content (AvgIpc) is 3.05. The highest BCUT2D eigenvalue weighted by molar-refractivity contribution is 5.37. The minimum atomic E-state index is 0.869. The van der Waals surface area contributed by atoms with Gasteiger partial charge in [0, 0.05) is 12.2 Å². The fourth-order valence-corrected chi connectivity index (χ4v) is 1.20. The maximum atomic E-state index is 4.01. The van der Waals surface area contributed by atoms with Crippen molar-refractivity contribution in [1.29, 1.82) is 0 Å². The molecular formula is C15H23N. The topological polar surface area (TPSA) is 12.0 Å². The van der Waals surface area contributed by atoms with Gasteiger partial charge < -0.3 is 5.32 Å². The van der Waals surface area contributed by atoms with Crippen LogP contribution in [0, 0.1) is 5.92 Å². The van der Waals surface area contributed by atoms with Crippen molar-refractivity contribution >= 4 is 0 Å². The first-order valence-electron chi connectivity index (χ1n) is 5.95. The second kappa shape index (κ2) is 5.74. The Kier molecular flexibility index (Phi) is 4.60. The molecule has 1 saturated carbocycles. The molecule has 0 aromatic rings. The third kappa shape index (κ3) is 4.52. The summed E-state index contributed by atoms with van der Waals surface area (Å²) in [6, 6.07) is 0. The number of rotatable bonds is 6. The van der Waals surface area contributed by atoms with Crippen molar-refractivity contribution in [3.63, 3.8) is 0 Å². The van der Waals surface area contributed by atoms with E-state index in [1.54, 1.807) is 0 Å². The molecule has 0 radical (unpaired) electrons. The smallest absolute Gasteiger partial charge is 0.0334 e. The van der Waals surface area contributed by atoms with Crippen molar-refractivity contribution in [3.05, 3.63) is 47.7 Å². The zero-order valence-corrected chi connectivity index (χ0v) is 10.8. The number of allylic oxidation sites excluding steroid dienone is 4. The molecule has 1 aliphatic rings. The van der Waals surface area contributed by atoms with Crippen LogP contribution in [0.5, 0.6) is 0 Å². The normalized spacial score (nSPS) is 14.9. The first kappa shape index (κ1) is 12.8. The Hall–Kier alpha value is -1.24. The Morgan fingerprint density at radius 1 is 1.19 bits per heavy atom. The molecule has 1 rings (SSSR count). The quantitative estimate of drug-likeness (QED) is 0.664. The lowest BCUT2D eigenvalue weighted by Gasteiger charge is -2.08. The van der Waals surface area contributed by atoms with Gasteiger partial charge in [-0.1, -0.05) is 36.5 Å². The minimum Gasteiger partial charge on any atom is -0.385 e. The monoisotopic (exact) mass is 217 g/mol. The van der Waals surface area contributed by atoms with Gasteiger partial charge in [-0.25, -0.2) is 0 Å². The van der Waals surface area contributed by atoms with Gasteiger partial charge in [0.25, 0.3) is 0 Å². The van der Waals surface area contributed by atoms with Crippen LogP contribution in [0.2, 0.25) is 0 Å². The molecule has 1 aliphatic carbocycles. The summed E-state index contributed by atoms with van der Waals surface area (Å²) in [7, 11) is 0. The van der Waals surface area contributed by atoms with E-state index in [1.165, 1.54) is 24.0 Å². The molecule has 0 bridgehead atoms. The van der Waals surface area contributed by atoms with E-state index in [2.05, 4.69) is 45.3 Å². The fraction of sp³-hybridized carbons (Fsp3) is 0.467. The molecule has 0 spiro atoms. The van der Waals surface area contributed by atoms with Crippen molar-refractivity contribution in [2.24, 2.45) is 5.92 Å². The minimum absolute atomic E-state index is 0.869. The van der Waals surface area contributed by atoms with E-state index in [9.17, 15) is 0 Å². The molecule has 0 amide bonds. The Balaban J connectivity index is 2.38. The molecular weight excluding hydrogens is 194 g/mol. The van der Waals surface area contributed by atoms with Crippen molar-refractivity contribution in [2.75, 3.05) is 6.54 Å². The molecule has 0 saturated heterocycles. The van der Waals surface area contributed by atoms with Gasteiger partial charge in [-0.3, -0.25) is 0 Å². The van der Waals surface area contributed by atoms with Crippen LogP contribution in [-0.2, 0) is 0 Å². The Bertz CT molecular complexity index is 336. The predicted molar refractivity (Wildman–Crippen MR) is 72.2 cm³/mol.